The molecule has 0 bridgehead atoms. The van der Waals surface area contributed by atoms with Crippen molar-refractivity contribution in [2.24, 2.45) is 5.92 Å². The zero-order valence-electron chi connectivity index (χ0n) is 21.9. The van der Waals surface area contributed by atoms with Crippen molar-refractivity contribution in [1.82, 2.24) is 19.8 Å². The third kappa shape index (κ3) is 7.68. The van der Waals surface area contributed by atoms with Crippen LogP contribution in [0.3, 0.4) is 0 Å². The maximum Gasteiger partial charge on any atom is 0.326 e. The summed E-state index contributed by atoms with van der Waals surface area (Å²) in [6.45, 7) is 1.40. The quantitative estimate of drug-likeness (QED) is 0.250. The van der Waals surface area contributed by atoms with Crippen molar-refractivity contribution in [1.29, 1.82) is 0 Å². The maximum atomic E-state index is 12.9. The summed E-state index contributed by atoms with van der Waals surface area (Å²) in [6, 6.07) is 12.4. The van der Waals surface area contributed by atoms with E-state index in [-0.39, 0.29) is 24.2 Å². The van der Waals surface area contributed by atoms with E-state index in [9.17, 15) is 19.5 Å². The Morgan fingerprint density at radius 1 is 1.12 bits per heavy atom. The molecule has 2 N–H and O–H groups in total. The van der Waals surface area contributed by atoms with Crippen LogP contribution in [-0.2, 0) is 27.3 Å². The number of hydrogen-bond acceptors (Lipinski definition) is 5. The number of nitrogens with one attached hydrogen (secondary N) is 1. The van der Waals surface area contributed by atoms with E-state index in [1.165, 1.54) is 17.8 Å². The van der Waals surface area contributed by atoms with Crippen LogP contribution in [0.4, 0.5) is 0 Å². The summed E-state index contributed by atoms with van der Waals surface area (Å²) < 4.78 is 1.88. The lowest BCUT2D eigenvalue weighted by atomic mass is 9.95. The van der Waals surface area contributed by atoms with Gasteiger partial charge in [0.15, 0.2) is 0 Å². The second-order valence-electron chi connectivity index (χ2n) is 9.54. The molecule has 1 aliphatic heterocycles. The molecule has 1 atom stereocenters. The number of nitrogens with zero attached hydrogens (tertiary/aromatic N) is 3. The van der Waals surface area contributed by atoms with E-state index >= 15 is 0 Å². The number of imidazole rings is 1. The first-order valence-electron chi connectivity index (χ1n) is 12.8. The second kappa shape index (κ2) is 13.9. The molecule has 2 heterocycles. The number of benzene rings is 2. The normalized spacial score (nSPS) is 14.8. The number of aromatic nitrogens is 2. The number of hydrogen-bond donors (Lipinski definition) is 2. The van der Waals surface area contributed by atoms with Crippen LogP contribution in [0.2, 0.25) is 10.0 Å². The van der Waals surface area contributed by atoms with Gasteiger partial charge in [-0.3, -0.25) is 9.59 Å². The molecule has 2 amide bonds. The molecule has 11 heteroatoms. The van der Waals surface area contributed by atoms with E-state index in [0.717, 1.165) is 10.5 Å². The van der Waals surface area contributed by atoms with E-state index in [1.807, 2.05) is 53.3 Å². The molecule has 1 fully saturated rings. The number of thioether (sulfide) groups is 1. The fourth-order valence-corrected chi connectivity index (χ4v) is 5.73. The topological polar surface area (TPSA) is 105 Å². The van der Waals surface area contributed by atoms with Crippen LogP contribution in [0.25, 0.3) is 6.08 Å². The molecule has 0 radical (unpaired) electrons. The number of rotatable bonds is 10. The van der Waals surface area contributed by atoms with Crippen LogP contribution in [0.15, 0.2) is 66.0 Å². The van der Waals surface area contributed by atoms with Crippen LogP contribution < -0.4 is 5.32 Å². The standard InChI is InChI=1S/C29H30Cl2N4O4S/c1-40-24-9-7-20(26(30)27(24)31)8-10-25(36)35-13-11-21(12-14-35)28(37)33-23(29(38)39)15-22-17-34(18-32-22)16-19-5-3-2-4-6-19/h2-10,17-18,21,23H,11-16H2,1H3,(H,33,37)(H,38,39). The summed E-state index contributed by atoms with van der Waals surface area (Å²) >= 11 is 14.1. The van der Waals surface area contributed by atoms with E-state index < -0.39 is 12.0 Å². The highest BCUT2D eigenvalue weighted by Gasteiger charge is 2.30. The van der Waals surface area contributed by atoms with Gasteiger partial charge in [-0.15, -0.1) is 11.8 Å². The molecule has 0 saturated carbocycles. The van der Waals surface area contributed by atoms with Crippen molar-refractivity contribution in [2.45, 2.75) is 36.7 Å². The molecule has 40 heavy (non-hydrogen) atoms. The average molecular weight is 602 g/mol. The molecule has 1 aromatic heterocycles. The van der Waals surface area contributed by atoms with Gasteiger partial charge in [0.2, 0.25) is 11.8 Å². The number of carboxylic acid groups (broad SMARTS) is 1. The van der Waals surface area contributed by atoms with Gasteiger partial charge in [-0.05, 0) is 42.4 Å². The van der Waals surface area contributed by atoms with Gasteiger partial charge in [0.25, 0.3) is 0 Å². The van der Waals surface area contributed by atoms with Crippen molar-refractivity contribution < 1.29 is 19.5 Å². The molecule has 210 valence electrons. The highest BCUT2D eigenvalue weighted by molar-refractivity contribution is 7.98. The molecule has 3 aromatic rings. The number of carbonyl (C=O) groups is 3. The Morgan fingerprint density at radius 2 is 1.85 bits per heavy atom. The molecule has 1 aliphatic rings. The Balaban J connectivity index is 1.28. The van der Waals surface area contributed by atoms with E-state index in [1.54, 1.807) is 23.5 Å². The van der Waals surface area contributed by atoms with Gasteiger partial charge in [-0.25, -0.2) is 9.78 Å². The van der Waals surface area contributed by atoms with Crippen LogP contribution >= 0.6 is 35.0 Å². The van der Waals surface area contributed by atoms with E-state index in [2.05, 4.69) is 10.3 Å². The van der Waals surface area contributed by atoms with Crippen molar-refractivity contribution in [3.05, 3.63) is 87.9 Å². The number of carboxylic acids is 1. The third-order valence-corrected chi connectivity index (χ3v) is 8.59. The number of halogens is 2. The fourth-order valence-electron chi connectivity index (χ4n) is 4.55. The number of amides is 2. The Labute approximate surface area is 247 Å². The minimum atomic E-state index is -1.12. The summed E-state index contributed by atoms with van der Waals surface area (Å²) in [7, 11) is 0. The Morgan fingerprint density at radius 3 is 2.52 bits per heavy atom. The highest BCUT2D eigenvalue weighted by Crippen LogP contribution is 2.35. The Kier molecular flexibility index (Phi) is 10.3. The molecule has 0 spiro atoms. The second-order valence-corrected chi connectivity index (χ2v) is 11.1. The van der Waals surface area contributed by atoms with Crippen molar-refractivity contribution in [2.75, 3.05) is 19.3 Å². The van der Waals surface area contributed by atoms with Gasteiger partial charge in [0.05, 0.1) is 22.1 Å². The van der Waals surface area contributed by atoms with Crippen molar-refractivity contribution in [3.63, 3.8) is 0 Å². The summed E-state index contributed by atoms with van der Waals surface area (Å²) in [6.07, 6.45) is 9.42. The molecule has 4 rings (SSSR count). The number of carbonyl (C=O) groups excluding carboxylic acids is 2. The average Bonchev–Trinajstić information content (AvgIpc) is 3.40. The number of likely N-dealkylation sites (tertiary alicyclic amines) is 1. The largest absolute Gasteiger partial charge is 0.480 e. The maximum absolute atomic E-state index is 12.9. The lowest BCUT2D eigenvalue weighted by Crippen LogP contribution is -2.48. The zero-order chi connectivity index (χ0) is 28.6. The predicted molar refractivity (Wildman–Crippen MR) is 158 cm³/mol. The molecule has 2 aromatic carbocycles. The Hall–Kier alpha value is -3.27. The summed E-state index contributed by atoms with van der Waals surface area (Å²) in [5, 5.41) is 13.2. The van der Waals surface area contributed by atoms with Crippen molar-refractivity contribution in [3.8, 4) is 0 Å². The molecular weight excluding hydrogens is 571 g/mol. The number of piperidine rings is 1. The summed E-state index contributed by atoms with van der Waals surface area (Å²) in [4.78, 5) is 44.4. The molecule has 1 unspecified atom stereocenters. The van der Waals surface area contributed by atoms with Crippen LogP contribution in [0.1, 0.15) is 29.7 Å². The molecular formula is C29H30Cl2N4O4S. The van der Waals surface area contributed by atoms with Crippen molar-refractivity contribution >= 4 is 58.8 Å². The van der Waals surface area contributed by atoms with Gasteiger partial charge in [-0.2, -0.15) is 0 Å². The predicted octanol–water partition coefficient (Wildman–Crippen LogP) is 5.02. The SMILES string of the molecule is CSc1ccc(C=CC(=O)N2CCC(C(=O)NC(Cc3cn(Cc4ccccc4)cn3)C(=O)O)CC2)c(Cl)c1Cl. The van der Waals surface area contributed by atoms with Gasteiger partial charge < -0.3 is 19.9 Å². The summed E-state index contributed by atoms with van der Waals surface area (Å²) in [5.41, 5.74) is 2.34. The lowest BCUT2D eigenvalue weighted by Gasteiger charge is -2.31. The minimum Gasteiger partial charge on any atom is -0.480 e. The van der Waals surface area contributed by atoms with E-state index in [0.29, 0.717) is 53.8 Å². The third-order valence-electron chi connectivity index (χ3n) is 6.80. The van der Waals surface area contributed by atoms with Crippen LogP contribution in [-0.4, -0.2) is 62.7 Å². The zero-order valence-corrected chi connectivity index (χ0v) is 24.3. The summed E-state index contributed by atoms with van der Waals surface area (Å²) in [5.74, 6) is -2.01. The first-order chi connectivity index (χ1) is 19.2. The Bertz CT molecular complexity index is 1390. The van der Waals surface area contributed by atoms with Crippen LogP contribution in [0.5, 0.6) is 0 Å². The highest BCUT2D eigenvalue weighted by atomic mass is 35.5. The van der Waals surface area contributed by atoms with E-state index in [4.69, 9.17) is 23.2 Å². The first-order valence-corrected chi connectivity index (χ1v) is 14.8. The lowest BCUT2D eigenvalue weighted by molar-refractivity contribution is -0.142. The fraction of sp³-hybridized carbons (Fsp3) is 0.310. The smallest absolute Gasteiger partial charge is 0.326 e. The van der Waals surface area contributed by atoms with Gasteiger partial charge in [0.1, 0.15) is 6.04 Å². The van der Waals surface area contributed by atoms with Crippen LogP contribution in [0, 0.1) is 5.92 Å². The monoisotopic (exact) mass is 600 g/mol. The molecule has 8 nitrogen and oxygen atoms in total. The number of aliphatic carboxylic acids is 1. The van der Waals surface area contributed by atoms with Gasteiger partial charge >= 0.3 is 5.97 Å². The first kappa shape index (κ1) is 29.7. The molecule has 1 saturated heterocycles. The molecule has 0 aliphatic carbocycles. The minimum absolute atomic E-state index is 0.0789. The van der Waals surface area contributed by atoms with Gasteiger partial charge in [0, 0.05) is 49.1 Å². The van der Waals surface area contributed by atoms with Gasteiger partial charge in [-0.1, -0.05) is 59.6 Å².